The minimum absolute atomic E-state index is 0.0222. The van der Waals surface area contributed by atoms with Crippen molar-refractivity contribution in [3.63, 3.8) is 0 Å². The molecule has 3 aliphatic rings. The Hall–Kier alpha value is -0.770. The molecule has 6 atom stereocenters. The Kier molecular flexibility index (Phi) is 12.1. The Labute approximate surface area is 237 Å². The van der Waals surface area contributed by atoms with Gasteiger partial charge in [0.2, 0.25) is 0 Å². The number of carbonyl (C=O) groups is 1. The Morgan fingerprint density at radius 2 is 1.79 bits per heavy atom. The van der Waals surface area contributed by atoms with Gasteiger partial charge in [0.25, 0.3) is 0 Å². The molecular weight excluding hydrogens is 520 g/mol. The van der Waals surface area contributed by atoms with Crippen molar-refractivity contribution in [1.82, 2.24) is 0 Å². The summed E-state index contributed by atoms with van der Waals surface area (Å²) in [5.74, 6) is 3.79. The van der Waals surface area contributed by atoms with E-state index in [4.69, 9.17) is 23.7 Å². The summed E-state index contributed by atoms with van der Waals surface area (Å²) < 4.78 is 30.4. The number of ether oxygens (including phenoxy) is 5. The van der Waals surface area contributed by atoms with Gasteiger partial charge in [0.05, 0.1) is 48.3 Å². The molecule has 0 radical (unpaired) electrons. The monoisotopic (exact) mass is 566 g/mol. The van der Waals surface area contributed by atoms with Gasteiger partial charge in [-0.3, -0.25) is 0 Å². The van der Waals surface area contributed by atoms with E-state index in [9.17, 15) is 4.79 Å². The number of benzene rings is 1. The van der Waals surface area contributed by atoms with E-state index in [-0.39, 0.29) is 34.6 Å². The van der Waals surface area contributed by atoms with Crippen LogP contribution >= 0.6 is 23.5 Å². The molecule has 0 unspecified atom stereocenters. The van der Waals surface area contributed by atoms with Crippen LogP contribution in [0.1, 0.15) is 70.3 Å². The van der Waals surface area contributed by atoms with E-state index >= 15 is 0 Å². The molecule has 6 nitrogen and oxygen atoms in total. The van der Waals surface area contributed by atoms with Crippen molar-refractivity contribution in [2.75, 3.05) is 32.3 Å². The second-order valence-corrected chi connectivity index (χ2v) is 14.2. The molecule has 0 bridgehead atoms. The van der Waals surface area contributed by atoms with Gasteiger partial charge in [0.15, 0.2) is 0 Å². The van der Waals surface area contributed by atoms with Gasteiger partial charge in [0.1, 0.15) is 12.0 Å². The Morgan fingerprint density at radius 1 is 1.03 bits per heavy atom. The molecule has 4 rings (SSSR count). The molecule has 1 spiro atoms. The van der Waals surface area contributed by atoms with Crippen molar-refractivity contribution in [3.05, 3.63) is 29.8 Å². The zero-order valence-corrected chi connectivity index (χ0v) is 24.9. The first-order valence-corrected chi connectivity index (χ1v) is 16.3. The first kappa shape index (κ1) is 30.2. The van der Waals surface area contributed by atoms with Crippen LogP contribution in [0.2, 0.25) is 0 Å². The molecule has 0 saturated carbocycles. The fourth-order valence-corrected chi connectivity index (χ4v) is 9.49. The number of hydrogen-bond acceptors (Lipinski definition) is 8. The maximum absolute atomic E-state index is 11.3. The lowest BCUT2D eigenvalue weighted by molar-refractivity contribution is -0.123. The molecule has 38 heavy (non-hydrogen) atoms. The van der Waals surface area contributed by atoms with Crippen LogP contribution in [-0.2, 0) is 30.3 Å². The summed E-state index contributed by atoms with van der Waals surface area (Å²) in [5.41, 5.74) is 1.15. The van der Waals surface area contributed by atoms with E-state index in [2.05, 4.69) is 30.4 Å². The quantitative estimate of drug-likeness (QED) is 0.204. The molecule has 1 aromatic rings. The number of carbonyl (C=O) groups excluding carboxylic acids is 1. The molecule has 0 aliphatic carbocycles. The van der Waals surface area contributed by atoms with E-state index in [1.54, 1.807) is 7.11 Å². The third kappa shape index (κ3) is 8.87. The Morgan fingerprint density at radius 3 is 2.50 bits per heavy atom. The van der Waals surface area contributed by atoms with Crippen molar-refractivity contribution >= 4 is 29.8 Å². The first-order chi connectivity index (χ1) is 18.5. The lowest BCUT2D eigenvalue weighted by Gasteiger charge is -2.46. The summed E-state index contributed by atoms with van der Waals surface area (Å²) in [4.78, 5) is 11.3. The van der Waals surface area contributed by atoms with Gasteiger partial charge in [-0.2, -0.15) is 0 Å². The third-order valence-corrected chi connectivity index (χ3v) is 11.6. The molecule has 0 aromatic heterocycles. The maximum Gasteiger partial charge on any atom is 0.122 e. The average molecular weight is 567 g/mol. The maximum atomic E-state index is 11.3. The first-order valence-electron chi connectivity index (χ1n) is 14.3. The minimum atomic E-state index is 0.0222. The van der Waals surface area contributed by atoms with E-state index in [0.717, 1.165) is 56.1 Å². The van der Waals surface area contributed by atoms with E-state index < -0.39 is 0 Å². The second kappa shape index (κ2) is 15.3. The number of methoxy groups -OCH3 is 2. The van der Waals surface area contributed by atoms with Crippen molar-refractivity contribution < 1.29 is 28.5 Å². The van der Waals surface area contributed by atoms with Crippen molar-refractivity contribution in [2.24, 2.45) is 5.92 Å². The minimum Gasteiger partial charge on any atom is -0.497 e. The van der Waals surface area contributed by atoms with Gasteiger partial charge < -0.3 is 28.5 Å². The number of thioether (sulfide) groups is 2. The molecule has 3 heterocycles. The Bertz CT molecular complexity index is 831. The summed E-state index contributed by atoms with van der Waals surface area (Å²) in [7, 11) is 3.49. The van der Waals surface area contributed by atoms with Gasteiger partial charge >= 0.3 is 0 Å². The standard InChI is InChI=1S/C30H46O6S2/c1-22-5-8-25(12-14-34-21-23-6-9-24(32-2)10-7-23)36-29(22)18-27(33-3)17-28-20-30(37-15-4-16-38-30)19-26(35-28)11-13-31/h6-7,9-10,13,22,25-29H,4-5,8,11-12,14-21H2,1-3H3/t22-,25-,26-,27-,28+,29+/m0/s1. The van der Waals surface area contributed by atoms with E-state index in [1.807, 2.05) is 31.4 Å². The normalized spacial score (nSPS) is 30.1. The predicted molar refractivity (Wildman–Crippen MR) is 155 cm³/mol. The van der Waals surface area contributed by atoms with Crippen LogP contribution < -0.4 is 4.74 Å². The predicted octanol–water partition coefficient (Wildman–Crippen LogP) is 6.28. The highest BCUT2D eigenvalue weighted by molar-refractivity contribution is 8.18. The highest BCUT2D eigenvalue weighted by Gasteiger charge is 2.44. The molecule has 0 N–H and O–H groups in total. The summed E-state index contributed by atoms with van der Waals surface area (Å²) >= 11 is 4.17. The molecule has 3 fully saturated rings. The smallest absolute Gasteiger partial charge is 0.122 e. The van der Waals surface area contributed by atoms with Crippen LogP contribution in [0, 0.1) is 5.92 Å². The number of rotatable bonds is 13. The van der Waals surface area contributed by atoms with Gasteiger partial charge in [-0.1, -0.05) is 19.1 Å². The number of aldehydes is 1. The summed E-state index contributed by atoms with van der Waals surface area (Å²) in [5, 5.41) is 0. The van der Waals surface area contributed by atoms with Crippen molar-refractivity contribution in [1.29, 1.82) is 0 Å². The molecule has 8 heteroatoms. The lowest BCUT2D eigenvalue weighted by atomic mass is 9.87. The highest BCUT2D eigenvalue weighted by atomic mass is 32.2. The van der Waals surface area contributed by atoms with Crippen molar-refractivity contribution in [2.45, 2.75) is 106 Å². The molecule has 3 saturated heterocycles. The molecule has 214 valence electrons. The molecule has 0 amide bonds. The van der Waals surface area contributed by atoms with Crippen molar-refractivity contribution in [3.8, 4) is 5.75 Å². The van der Waals surface area contributed by atoms with E-state index in [0.29, 0.717) is 25.6 Å². The van der Waals surface area contributed by atoms with Crippen LogP contribution in [-0.4, -0.2) is 73.2 Å². The molecule has 3 aliphatic heterocycles. The van der Waals surface area contributed by atoms with Gasteiger partial charge in [0, 0.05) is 26.6 Å². The molecule has 1 aromatic carbocycles. The van der Waals surface area contributed by atoms with Crippen LogP contribution in [0.15, 0.2) is 24.3 Å². The SMILES string of the molecule is COc1ccc(COCC[C@@H]2CC[C@H](C)[C@@H](C[C@H](C[C@@H]3CC4(C[C@H](CC=O)O3)SCCCS4)OC)O2)cc1. The fraction of sp³-hybridized carbons (Fsp3) is 0.767. The lowest BCUT2D eigenvalue weighted by Crippen LogP contribution is -2.45. The van der Waals surface area contributed by atoms with Crippen LogP contribution in [0.3, 0.4) is 0 Å². The van der Waals surface area contributed by atoms with Crippen LogP contribution in [0.5, 0.6) is 5.75 Å². The average Bonchev–Trinajstić information content (AvgIpc) is 2.93. The second-order valence-electron chi connectivity index (χ2n) is 11.0. The summed E-state index contributed by atoms with van der Waals surface area (Å²) in [6, 6.07) is 8.02. The van der Waals surface area contributed by atoms with Crippen LogP contribution in [0.4, 0.5) is 0 Å². The molecular formula is C30H46O6S2. The zero-order chi connectivity index (χ0) is 26.8. The number of hydrogen-bond donors (Lipinski definition) is 0. The van der Waals surface area contributed by atoms with E-state index in [1.165, 1.54) is 24.3 Å². The zero-order valence-electron chi connectivity index (χ0n) is 23.3. The highest BCUT2D eigenvalue weighted by Crippen LogP contribution is 2.52. The third-order valence-electron chi connectivity index (χ3n) is 8.15. The fourth-order valence-electron chi connectivity index (χ4n) is 5.94. The topological polar surface area (TPSA) is 63.2 Å². The van der Waals surface area contributed by atoms with Gasteiger partial charge in [-0.15, -0.1) is 23.5 Å². The largest absolute Gasteiger partial charge is 0.497 e. The van der Waals surface area contributed by atoms with Gasteiger partial charge in [-0.25, -0.2) is 0 Å². The van der Waals surface area contributed by atoms with Crippen LogP contribution in [0.25, 0.3) is 0 Å². The van der Waals surface area contributed by atoms with Gasteiger partial charge in [-0.05, 0) is 80.1 Å². The Balaban J connectivity index is 1.24. The summed E-state index contributed by atoms with van der Waals surface area (Å²) in [6.07, 6.45) is 10.3. The summed E-state index contributed by atoms with van der Waals surface area (Å²) in [6.45, 7) is 3.60.